The summed E-state index contributed by atoms with van der Waals surface area (Å²) in [5.74, 6) is 9.92. The molecule has 3 heterocycles. The van der Waals surface area contributed by atoms with Crippen LogP contribution < -0.4 is 22.2 Å². The number of Topliss-reactive ketones (excluding diaryl/α,β-unsaturated/α-hetero) is 1. The first-order chi connectivity index (χ1) is 15.9. The molecule has 1 saturated heterocycles. The molecular weight excluding hydrogens is 414 g/mol. The van der Waals surface area contributed by atoms with Crippen LogP contribution in [0.2, 0.25) is 0 Å². The van der Waals surface area contributed by atoms with E-state index in [4.69, 9.17) is 17.3 Å². The van der Waals surface area contributed by atoms with E-state index in [-0.39, 0.29) is 11.5 Å². The topological polar surface area (TPSA) is 127 Å². The maximum Gasteiger partial charge on any atom is 0.176 e. The highest BCUT2D eigenvalue weighted by atomic mass is 16.1. The van der Waals surface area contributed by atoms with Crippen molar-refractivity contribution in [2.24, 2.45) is 23.4 Å². The Morgan fingerprint density at radius 1 is 1.24 bits per heavy atom. The summed E-state index contributed by atoms with van der Waals surface area (Å²) in [6.07, 6.45) is 10.1. The molecule has 1 saturated carbocycles. The van der Waals surface area contributed by atoms with Crippen molar-refractivity contribution < 1.29 is 4.79 Å². The van der Waals surface area contributed by atoms with Crippen LogP contribution in [-0.4, -0.2) is 33.8 Å². The van der Waals surface area contributed by atoms with Gasteiger partial charge in [-0.2, -0.15) is 0 Å². The Bertz CT molecular complexity index is 1010. The van der Waals surface area contributed by atoms with Gasteiger partial charge < -0.3 is 21.4 Å². The van der Waals surface area contributed by atoms with Crippen LogP contribution in [0.1, 0.15) is 55.7 Å². The maximum absolute atomic E-state index is 11.1. The second-order valence-corrected chi connectivity index (χ2v) is 9.41. The molecular formula is C25H35N7O. The van der Waals surface area contributed by atoms with Crippen molar-refractivity contribution in [1.29, 1.82) is 0 Å². The summed E-state index contributed by atoms with van der Waals surface area (Å²) in [5, 5.41) is 1.40. The first-order valence-electron chi connectivity index (χ1n) is 11.8. The van der Waals surface area contributed by atoms with Crippen LogP contribution in [0.3, 0.4) is 0 Å². The van der Waals surface area contributed by atoms with E-state index < -0.39 is 0 Å². The number of hydrogen-bond acceptors (Lipinski definition) is 8. The average Bonchev–Trinajstić information content (AvgIpc) is 3.19. The zero-order chi connectivity index (χ0) is 23.5. The van der Waals surface area contributed by atoms with Gasteiger partial charge in [0.2, 0.25) is 0 Å². The summed E-state index contributed by atoms with van der Waals surface area (Å²) in [5.41, 5.74) is 15.2. The number of carbonyl (C=O) groups is 1. The van der Waals surface area contributed by atoms with Crippen LogP contribution in [0.15, 0.2) is 42.5 Å². The number of piperidine rings is 1. The molecule has 0 amide bonds. The maximum atomic E-state index is 11.1. The SMILES string of the molecule is CC(=O)/C(N)=C/N(N)Cc1ccc(N2CC3CC3C2)nc1.CCC1CCc2c1ccnc2N. The second-order valence-electron chi connectivity index (χ2n) is 9.41. The van der Waals surface area contributed by atoms with Crippen molar-refractivity contribution >= 4 is 17.4 Å². The van der Waals surface area contributed by atoms with E-state index in [0.717, 1.165) is 54.5 Å². The molecule has 3 atom stereocenters. The highest BCUT2D eigenvalue weighted by molar-refractivity contribution is 5.92. The molecule has 0 radical (unpaired) electrons. The first kappa shape index (κ1) is 23.0. The van der Waals surface area contributed by atoms with Crippen molar-refractivity contribution in [3.63, 3.8) is 0 Å². The Morgan fingerprint density at radius 2 is 2.00 bits per heavy atom. The van der Waals surface area contributed by atoms with Gasteiger partial charge in [0.25, 0.3) is 0 Å². The van der Waals surface area contributed by atoms with Crippen LogP contribution in [0, 0.1) is 11.8 Å². The van der Waals surface area contributed by atoms with Crippen LogP contribution in [0.25, 0.3) is 0 Å². The quantitative estimate of drug-likeness (QED) is 0.349. The Morgan fingerprint density at radius 3 is 2.64 bits per heavy atom. The zero-order valence-corrected chi connectivity index (χ0v) is 19.6. The lowest BCUT2D eigenvalue weighted by molar-refractivity contribution is -0.113. The summed E-state index contributed by atoms with van der Waals surface area (Å²) in [6, 6.07) is 6.17. The molecule has 5 rings (SSSR count). The lowest BCUT2D eigenvalue weighted by Crippen LogP contribution is -2.27. The third kappa shape index (κ3) is 5.45. The molecule has 176 valence electrons. The minimum Gasteiger partial charge on any atom is -0.395 e. The Kier molecular flexibility index (Phi) is 6.83. The van der Waals surface area contributed by atoms with Crippen molar-refractivity contribution in [1.82, 2.24) is 15.0 Å². The second kappa shape index (κ2) is 9.79. The standard InChI is InChI=1S/C15H21N5O.C10H14N2/c1-10(21)14(16)9-20(17)6-11-2-3-15(18-5-11)19-7-12-4-13(12)8-19;1-2-7-3-4-9-8(7)5-6-12-10(9)11/h2-3,5,9,12-13H,4,6-8,16-17H2,1H3;5-7H,2-4H2,1H3,(H2,11,12)/b14-9-;. The highest BCUT2D eigenvalue weighted by Crippen LogP contribution is 2.45. The van der Waals surface area contributed by atoms with Crippen molar-refractivity contribution in [2.45, 2.75) is 52.0 Å². The number of hydrogen-bond donors (Lipinski definition) is 3. The van der Waals surface area contributed by atoms with E-state index in [9.17, 15) is 4.79 Å². The summed E-state index contributed by atoms with van der Waals surface area (Å²) in [7, 11) is 0. The number of hydrazine groups is 1. The Hall–Kier alpha value is -3.13. The molecule has 2 aliphatic carbocycles. The number of nitrogen functional groups attached to an aromatic ring is 1. The average molecular weight is 450 g/mol. The molecule has 0 bridgehead atoms. The number of anilines is 2. The van der Waals surface area contributed by atoms with Crippen molar-refractivity contribution in [3.05, 3.63) is 59.2 Å². The van der Waals surface area contributed by atoms with Gasteiger partial charge >= 0.3 is 0 Å². The van der Waals surface area contributed by atoms with E-state index in [0.29, 0.717) is 6.54 Å². The van der Waals surface area contributed by atoms with Gasteiger partial charge in [-0.25, -0.2) is 15.8 Å². The molecule has 2 fully saturated rings. The summed E-state index contributed by atoms with van der Waals surface area (Å²) < 4.78 is 0. The number of carbonyl (C=O) groups excluding carboxylic acids is 1. The minimum absolute atomic E-state index is 0.151. The summed E-state index contributed by atoms with van der Waals surface area (Å²) in [4.78, 5) is 22.0. The van der Waals surface area contributed by atoms with Crippen molar-refractivity contribution in [3.8, 4) is 0 Å². The van der Waals surface area contributed by atoms with Gasteiger partial charge in [0.15, 0.2) is 5.78 Å². The Labute approximate surface area is 195 Å². The van der Waals surface area contributed by atoms with Crippen LogP contribution in [-0.2, 0) is 17.8 Å². The van der Waals surface area contributed by atoms with E-state index in [1.54, 1.807) is 0 Å². The molecule has 8 heteroatoms. The van der Waals surface area contributed by atoms with Crippen LogP contribution in [0.5, 0.6) is 0 Å². The predicted octanol–water partition coefficient (Wildman–Crippen LogP) is 2.71. The normalized spacial score (nSPS) is 22.8. The fourth-order valence-corrected chi connectivity index (χ4v) is 4.89. The minimum atomic E-state index is -0.188. The lowest BCUT2D eigenvalue weighted by atomic mass is 10.00. The van der Waals surface area contributed by atoms with Gasteiger partial charge in [-0.15, -0.1) is 0 Å². The molecule has 3 unspecified atom stereocenters. The number of ketones is 1. The smallest absolute Gasteiger partial charge is 0.176 e. The number of nitrogens with zero attached hydrogens (tertiary/aromatic N) is 4. The first-order valence-corrected chi connectivity index (χ1v) is 11.8. The summed E-state index contributed by atoms with van der Waals surface area (Å²) in [6.45, 7) is 6.38. The third-order valence-electron chi connectivity index (χ3n) is 6.99. The van der Waals surface area contributed by atoms with E-state index in [1.807, 2.05) is 24.5 Å². The number of aromatic nitrogens is 2. The van der Waals surface area contributed by atoms with Crippen LogP contribution in [0.4, 0.5) is 11.6 Å². The molecule has 2 aromatic rings. The summed E-state index contributed by atoms with van der Waals surface area (Å²) >= 11 is 0. The predicted molar refractivity (Wildman–Crippen MR) is 131 cm³/mol. The molecule has 8 nitrogen and oxygen atoms in total. The fraction of sp³-hybridized carbons (Fsp3) is 0.480. The largest absolute Gasteiger partial charge is 0.395 e. The fourth-order valence-electron chi connectivity index (χ4n) is 4.89. The van der Waals surface area contributed by atoms with Crippen LogP contribution >= 0.6 is 0 Å². The highest BCUT2D eigenvalue weighted by Gasteiger charge is 2.45. The number of allylic oxidation sites excluding steroid dienone is 1. The molecule has 6 N–H and O–H groups in total. The van der Waals surface area contributed by atoms with E-state index in [1.165, 1.54) is 48.5 Å². The molecule has 0 aromatic carbocycles. The monoisotopic (exact) mass is 449 g/mol. The molecule has 1 aliphatic heterocycles. The molecule has 0 spiro atoms. The molecule has 3 aliphatic rings. The number of pyridine rings is 2. The van der Waals surface area contributed by atoms with Crippen molar-refractivity contribution in [2.75, 3.05) is 23.7 Å². The van der Waals surface area contributed by atoms with Gasteiger partial charge in [0.1, 0.15) is 11.6 Å². The van der Waals surface area contributed by atoms with Gasteiger partial charge in [-0.3, -0.25) is 4.79 Å². The number of nitrogens with two attached hydrogens (primary N) is 3. The Balaban J connectivity index is 0.000000183. The van der Waals surface area contributed by atoms with Gasteiger partial charge in [-0.05, 0) is 72.3 Å². The molecule has 2 aromatic heterocycles. The molecule has 33 heavy (non-hydrogen) atoms. The zero-order valence-electron chi connectivity index (χ0n) is 19.6. The van der Waals surface area contributed by atoms with Gasteiger partial charge in [0, 0.05) is 38.6 Å². The van der Waals surface area contributed by atoms with Gasteiger partial charge in [-0.1, -0.05) is 13.0 Å². The third-order valence-corrected chi connectivity index (χ3v) is 6.99. The van der Waals surface area contributed by atoms with E-state index in [2.05, 4.69) is 27.9 Å². The van der Waals surface area contributed by atoms with E-state index >= 15 is 0 Å². The lowest BCUT2D eigenvalue weighted by Gasteiger charge is -2.19. The number of rotatable bonds is 6. The van der Waals surface area contributed by atoms with Gasteiger partial charge in [0.05, 0.1) is 12.2 Å². The number of fused-ring (bicyclic) bond motifs is 2.